The summed E-state index contributed by atoms with van der Waals surface area (Å²) < 4.78 is 0.0933. The highest BCUT2D eigenvalue weighted by Gasteiger charge is 2.30. The zero-order valence-corrected chi connectivity index (χ0v) is 8.41. The fraction of sp³-hybridized carbons (Fsp3) is 0.500. The molecule has 0 radical (unpaired) electrons. The molecule has 1 nitrogen and oxygen atoms in total. The lowest BCUT2D eigenvalue weighted by Crippen LogP contribution is -2.16. The zero-order chi connectivity index (χ0) is 9.19. The fourth-order valence-corrected chi connectivity index (χ4v) is 2.41. The number of carbonyl (C=O) groups excluding carboxylic acids is 1. The zero-order valence-electron chi connectivity index (χ0n) is 7.59. The minimum absolute atomic E-state index is 0.0933. The summed E-state index contributed by atoms with van der Waals surface area (Å²) in [6, 6.07) is 0. The molecule has 0 fully saturated rings. The monoisotopic (exact) mass is 182 g/mol. The van der Waals surface area contributed by atoms with Crippen LogP contribution >= 0.6 is 11.8 Å². The van der Waals surface area contributed by atoms with Crippen LogP contribution in [0.1, 0.15) is 26.7 Å². The Morgan fingerprint density at radius 2 is 2.58 bits per heavy atom. The molecule has 0 aromatic rings. The van der Waals surface area contributed by atoms with E-state index in [-0.39, 0.29) is 4.75 Å². The summed E-state index contributed by atoms with van der Waals surface area (Å²) in [5.41, 5.74) is 1.11. The first kappa shape index (κ1) is 9.59. The van der Waals surface area contributed by atoms with Gasteiger partial charge in [-0.25, -0.2) is 0 Å². The van der Waals surface area contributed by atoms with Gasteiger partial charge in [-0.2, -0.15) is 0 Å². The molecule has 1 rings (SSSR count). The van der Waals surface area contributed by atoms with Crippen molar-refractivity contribution in [1.82, 2.24) is 0 Å². The van der Waals surface area contributed by atoms with Crippen molar-refractivity contribution in [3.8, 4) is 0 Å². The predicted molar refractivity (Wildman–Crippen MR) is 54.2 cm³/mol. The molecule has 0 aromatic carbocycles. The Kier molecular flexibility index (Phi) is 2.78. The minimum atomic E-state index is 0.0933. The van der Waals surface area contributed by atoms with Crippen molar-refractivity contribution in [3.63, 3.8) is 0 Å². The van der Waals surface area contributed by atoms with Crippen molar-refractivity contribution in [2.24, 2.45) is 0 Å². The number of rotatable bonds is 3. The quantitative estimate of drug-likeness (QED) is 0.624. The van der Waals surface area contributed by atoms with Gasteiger partial charge in [0.25, 0.3) is 0 Å². The molecule has 0 bridgehead atoms. The average molecular weight is 182 g/mol. The van der Waals surface area contributed by atoms with E-state index in [1.54, 1.807) is 11.8 Å². The van der Waals surface area contributed by atoms with Crippen LogP contribution in [0, 0.1) is 0 Å². The molecule has 0 N–H and O–H groups in total. The van der Waals surface area contributed by atoms with Gasteiger partial charge in [-0.05, 0) is 25.8 Å². The largest absolute Gasteiger partial charge is 0.303 e. The first-order valence-corrected chi connectivity index (χ1v) is 4.88. The van der Waals surface area contributed by atoms with Crippen LogP contribution in [0.15, 0.2) is 23.1 Å². The normalized spacial score (nSPS) is 28.3. The summed E-state index contributed by atoms with van der Waals surface area (Å²) in [5, 5.41) is 0. The number of allylic oxidation sites excluding steroid dienone is 2. The van der Waals surface area contributed by atoms with Crippen molar-refractivity contribution < 1.29 is 4.79 Å². The molecule has 1 unspecified atom stereocenters. The molecule has 1 aliphatic heterocycles. The van der Waals surface area contributed by atoms with E-state index >= 15 is 0 Å². The first-order chi connectivity index (χ1) is 5.57. The van der Waals surface area contributed by atoms with Gasteiger partial charge >= 0.3 is 0 Å². The van der Waals surface area contributed by atoms with Crippen molar-refractivity contribution in [1.29, 1.82) is 0 Å². The number of carbonyl (C=O) groups is 1. The van der Waals surface area contributed by atoms with E-state index in [0.717, 1.165) is 18.3 Å². The van der Waals surface area contributed by atoms with Crippen LogP contribution in [0.5, 0.6) is 0 Å². The maximum atomic E-state index is 10.4. The Morgan fingerprint density at radius 3 is 3.00 bits per heavy atom. The van der Waals surface area contributed by atoms with Gasteiger partial charge in [-0.3, -0.25) is 0 Å². The highest BCUT2D eigenvalue weighted by molar-refractivity contribution is 8.04. The Morgan fingerprint density at radius 1 is 1.92 bits per heavy atom. The fourth-order valence-electron chi connectivity index (χ4n) is 1.22. The van der Waals surface area contributed by atoms with Gasteiger partial charge in [-0.15, -0.1) is 11.8 Å². The number of hydrogen-bond acceptors (Lipinski definition) is 2. The first-order valence-electron chi connectivity index (χ1n) is 4.06. The molecule has 1 atom stereocenters. The molecule has 0 aliphatic carbocycles. The van der Waals surface area contributed by atoms with Crippen molar-refractivity contribution in [2.45, 2.75) is 31.4 Å². The maximum absolute atomic E-state index is 10.4. The number of aldehydes is 1. The lowest BCUT2D eigenvalue weighted by molar-refractivity contribution is -0.108. The summed E-state index contributed by atoms with van der Waals surface area (Å²) in [6.07, 6.45) is 4.79. The predicted octanol–water partition coefficient (Wildman–Crippen LogP) is 2.93. The summed E-state index contributed by atoms with van der Waals surface area (Å²) >= 11 is 1.78. The molecule has 0 aromatic heterocycles. The standard InChI is InChI=1S/C10H14OS/c1-8(2)9-4-5-10(3,12-9)6-7-11/h4,7H,1,5-6H2,2-3H3. The van der Waals surface area contributed by atoms with Gasteiger partial charge in [-0.1, -0.05) is 12.7 Å². The lowest BCUT2D eigenvalue weighted by Gasteiger charge is -2.19. The molecular weight excluding hydrogens is 168 g/mol. The Balaban J connectivity index is 2.61. The van der Waals surface area contributed by atoms with Crippen molar-refractivity contribution in [3.05, 3.63) is 23.1 Å². The van der Waals surface area contributed by atoms with Crippen LogP contribution in [-0.2, 0) is 4.79 Å². The Hall–Kier alpha value is -0.500. The van der Waals surface area contributed by atoms with Crippen molar-refractivity contribution in [2.75, 3.05) is 0 Å². The molecule has 12 heavy (non-hydrogen) atoms. The third kappa shape index (κ3) is 2.01. The highest BCUT2D eigenvalue weighted by atomic mass is 32.2. The van der Waals surface area contributed by atoms with Gasteiger partial charge in [0.2, 0.25) is 0 Å². The third-order valence-corrected chi connectivity index (χ3v) is 3.57. The Labute approximate surface area is 77.9 Å². The van der Waals surface area contributed by atoms with E-state index in [1.807, 2.05) is 6.92 Å². The smallest absolute Gasteiger partial charge is 0.121 e. The molecule has 0 saturated heterocycles. The van der Waals surface area contributed by atoms with E-state index < -0.39 is 0 Å². The lowest BCUT2D eigenvalue weighted by atomic mass is 10.0. The molecule has 0 saturated carbocycles. The number of thioether (sulfide) groups is 1. The van der Waals surface area contributed by atoms with Crippen molar-refractivity contribution >= 4 is 18.0 Å². The Bertz CT molecular complexity index is 242. The van der Waals surface area contributed by atoms with Gasteiger partial charge < -0.3 is 4.79 Å². The van der Waals surface area contributed by atoms with Crippen LogP contribution in [0.25, 0.3) is 0 Å². The molecule has 0 amide bonds. The van der Waals surface area contributed by atoms with Crippen LogP contribution in [-0.4, -0.2) is 11.0 Å². The van der Waals surface area contributed by atoms with E-state index in [1.165, 1.54) is 4.91 Å². The molecule has 1 heterocycles. The van der Waals surface area contributed by atoms with Crippen LogP contribution in [0.3, 0.4) is 0 Å². The van der Waals surface area contributed by atoms with Crippen LogP contribution in [0.4, 0.5) is 0 Å². The van der Waals surface area contributed by atoms with E-state index in [0.29, 0.717) is 6.42 Å². The second kappa shape index (κ2) is 3.48. The highest BCUT2D eigenvalue weighted by Crippen LogP contribution is 2.45. The van der Waals surface area contributed by atoms with E-state index in [2.05, 4.69) is 19.6 Å². The molecule has 2 heteroatoms. The number of hydrogen-bond donors (Lipinski definition) is 0. The minimum Gasteiger partial charge on any atom is -0.303 e. The molecular formula is C10H14OS. The topological polar surface area (TPSA) is 17.1 Å². The average Bonchev–Trinajstić information content (AvgIpc) is 2.33. The van der Waals surface area contributed by atoms with E-state index in [4.69, 9.17) is 0 Å². The van der Waals surface area contributed by atoms with Gasteiger partial charge in [0.05, 0.1) is 0 Å². The van der Waals surface area contributed by atoms with E-state index in [9.17, 15) is 4.79 Å². The van der Waals surface area contributed by atoms with Gasteiger partial charge in [0.15, 0.2) is 0 Å². The SMILES string of the molecule is C=C(C)C1=CCC(C)(CC=O)S1. The second-order valence-electron chi connectivity index (χ2n) is 3.48. The van der Waals surface area contributed by atoms with Crippen LogP contribution < -0.4 is 0 Å². The molecule has 0 spiro atoms. The third-order valence-electron chi connectivity index (χ3n) is 2.01. The van der Waals surface area contributed by atoms with Gasteiger partial charge in [0, 0.05) is 16.1 Å². The second-order valence-corrected chi connectivity index (χ2v) is 5.11. The van der Waals surface area contributed by atoms with Gasteiger partial charge in [0.1, 0.15) is 6.29 Å². The molecule has 1 aliphatic rings. The summed E-state index contributed by atoms with van der Waals surface area (Å²) in [4.78, 5) is 11.6. The summed E-state index contributed by atoms with van der Waals surface area (Å²) in [5.74, 6) is 0. The summed E-state index contributed by atoms with van der Waals surface area (Å²) in [6.45, 7) is 8.01. The maximum Gasteiger partial charge on any atom is 0.121 e. The van der Waals surface area contributed by atoms with Crippen LogP contribution in [0.2, 0.25) is 0 Å². The molecule has 66 valence electrons. The summed E-state index contributed by atoms with van der Waals surface area (Å²) in [7, 11) is 0.